The fourth-order valence-corrected chi connectivity index (χ4v) is 7.57. The number of hydrogen-bond donors (Lipinski definition) is 1. The van der Waals surface area contributed by atoms with Crippen LogP contribution >= 0.6 is 0 Å². The van der Waals surface area contributed by atoms with Gasteiger partial charge in [-0.3, -0.25) is 14.4 Å². The second-order valence-corrected chi connectivity index (χ2v) is 14.2. The van der Waals surface area contributed by atoms with E-state index in [1.54, 1.807) is 12.1 Å². The largest absolute Gasteiger partial charge is 0.480 e. The third-order valence-electron chi connectivity index (χ3n) is 9.69. The molecule has 1 aromatic heterocycles. The van der Waals surface area contributed by atoms with Crippen LogP contribution in [0.1, 0.15) is 86.0 Å². The Morgan fingerprint density at radius 3 is 2.29 bits per heavy atom. The van der Waals surface area contributed by atoms with Gasteiger partial charge in [0.05, 0.1) is 11.3 Å². The lowest BCUT2D eigenvalue weighted by Crippen LogP contribution is -2.48. The van der Waals surface area contributed by atoms with Crippen molar-refractivity contribution in [1.29, 1.82) is 0 Å². The van der Waals surface area contributed by atoms with Crippen molar-refractivity contribution in [3.05, 3.63) is 88.2 Å². The van der Waals surface area contributed by atoms with Crippen LogP contribution in [0.15, 0.2) is 54.6 Å². The highest BCUT2D eigenvalue weighted by molar-refractivity contribution is 5.74. The second kappa shape index (κ2) is 13.3. The summed E-state index contributed by atoms with van der Waals surface area (Å²) >= 11 is 0. The quantitative estimate of drug-likeness (QED) is 0.273. The number of carbonyl (C=O) groups is 1. The lowest BCUT2D eigenvalue weighted by molar-refractivity contribution is -0.147. The van der Waals surface area contributed by atoms with Crippen LogP contribution in [0.25, 0.3) is 0 Å². The molecule has 0 amide bonds. The first kappa shape index (κ1) is 33.2. The van der Waals surface area contributed by atoms with Crippen LogP contribution in [0.5, 0.6) is 0 Å². The zero-order chi connectivity index (χ0) is 32.5. The summed E-state index contributed by atoms with van der Waals surface area (Å²) in [6, 6.07) is 15.6. The summed E-state index contributed by atoms with van der Waals surface area (Å²) in [4.78, 5) is 17.2. The van der Waals surface area contributed by atoms with Gasteiger partial charge in [-0.2, -0.15) is 18.3 Å². The summed E-state index contributed by atoms with van der Waals surface area (Å²) in [6.45, 7) is 15.4. The molecule has 2 fully saturated rings. The molecule has 2 aliphatic heterocycles. The number of aliphatic carboxylic acids is 1. The van der Waals surface area contributed by atoms with Gasteiger partial charge < -0.3 is 10.0 Å². The molecule has 5 rings (SSSR count). The number of carboxylic acids is 1. The first-order chi connectivity index (χ1) is 21.2. The summed E-state index contributed by atoms with van der Waals surface area (Å²) < 4.78 is 41.0. The van der Waals surface area contributed by atoms with Gasteiger partial charge in [0.1, 0.15) is 6.04 Å². The number of likely N-dealkylation sites (tertiary alicyclic amines) is 2. The van der Waals surface area contributed by atoms with E-state index in [-0.39, 0.29) is 11.3 Å². The molecule has 0 saturated carbocycles. The number of piperidine rings is 1. The summed E-state index contributed by atoms with van der Waals surface area (Å²) in [5, 5.41) is 15.0. The summed E-state index contributed by atoms with van der Waals surface area (Å²) in [5.41, 5.74) is 4.42. The second-order valence-electron chi connectivity index (χ2n) is 14.2. The van der Waals surface area contributed by atoms with Gasteiger partial charge in [-0.05, 0) is 80.4 Å². The van der Waals surface area contributed by atoms with E-state index in [9.17, 15) is 23.1 Å². The highest BCUT2D eigenvalue weighted by Gasteiger charge is 2.44. The molecule has 3 heterocycles. The van der Waals surface area contributed by atoms with E-state index in [4.69, 9.17) is 5.10 Å². The van der Waals surface area contributed by atoms with E-state index in [0.29, 0.717) is 18.3 Å². The van der Waals surface area contributed by atoms with E-state index >= 15 is 0 Å². The zero-order valence-corrected chi connectivity index (χ0v) is 27.1. The Hall–Kier alpha value is -3.17. The smallest absolute Gasteiger partial charge is 0.416 e. The van der Waals surface area contributed by atoms with Crippen molar-refractivity contribution in [3.8, 4) is 0 Å². The molecule has 3 unspecified atom stereocenters. The number of aromatic nitrogens is 2. The van der Waals surface area contributed by atoms with Crippen molar-refractivity contribution in [2.45, 2.75) is 84.5 Å². The monoisotopic (exact) mass is 624 g/mol. The molecular formula is C36H47F3N4O2. The minimum Gasteiger partial charge on any atom is -0.480 e. The molecule has 1 N–H and O–H groups in total. The predicted octanol–water partition coefficient (Wildman–Crippen LogP) is 7.22. The minimum absolute atomic E-state index is 0.279. The molecule has 2 aromatic carbocycles. The maximum absolute atomic E-state index is 13.0. The first-order valence-electron chi connectivity index (χ1n) is 16.2. The molecule has 3 aromatic rings. The Morgan fingerprint density at radius 2 is 1.71 bits per heavy atom. The number of rotatable bonds is 9. The van der Waals surface area contributed by atoms with E-state index in [0.717, 1.165) is 75.5 Å². The van der Waals surface area contributed by atoms with Crippen LogP contribution in [0.3, 0.4) is 0 Å². The highest BCUT2D eigenvalue weighted by atomic mass is 19.4. The van der Waals surface area contributed by atoms with Gasteiger partial charge in [0.2, 0.25) is 0 Å². The molecular weight excluding hydrogens is 577 g/mol. The molecule has 9 heteroatoms. The number of aryl methyl sites for hydroxylation is 2. The number of benzene rings is 2. The van der Waals surface area contributed by atoms with E-state index in [2.05, 4.69) is 58.7 Å². The highest BCUT2D eigenvalue weighted by Crippen LogP contribution is 2.39. The Labute approximate surface area is 265 Å². The summed E-state index contributed by atoms with van der Waals surface area (Å²) in [5.74, 6) is 0.238. The summed E-state index contributed by atoms with van der Waals surface area (Å²) in [6.07, 6.45) is -1.81. The molecule has 0 bridgehead atoms. The van der Waals surface area contributed by atoms with Crippen molar-refractivity contribution in [2.24, 2.45) is 11.3 Å². The van der Waals surface area contributed by atoms with Crippen molar-refractivity contribution in [2.75, 3.05) is 32.7 Å². The maximum Gasteiger partial charge on any atom is 0.416 e. The third kappa shape index (κ3) is 7.80. The number of hydrogen-bond acceptors (Lipinski definition) is 4. The Kier molecular flexibility index (Phi) is 9.80. The van der Waals surface area contributed by atoms with Gasteiger partial charge in [-0.1, -0.05) is 62.7 Å². The molecule has 6 nitrogen and oxygen atoms in total. The number of carboxylic acid groups (broad SMARTS) is 1. The fourth-order valence-electron chi connectivity index (χ4n) is 7.57. The maximum atomic E-state index is 13.0. The lowest BCUT2D eigenvalue weighted by atomic mass is 9.85. The van der Waals surface area contributed by atoms with Gasteiger partial charge in [0.15, 0.2) is 0 Å². The first-order valence-corrected chi connectivity index (χ1v) is 16.2. The minimum atomic E-state index is -4.34. The van der Waals surface area contributed by atoms with Crippen molar-refractivity contribution in [3.63, 3.8) is 0 Å². The van der Waals surface area contributed by atoms with Gasteiger partial charge in [0, 0.05) is 50.1 Å². The predicted molar refractivity (Wildman–Crippen MR) is 170 cm³/mol. The fraction of sp³-hybridized carbons (Fsp3) is 0.556. The topological polar surface area (TPSA) is 61.6 Å². The van der Waals surface area contributed by atoms with E-state index in [1.807, 2.05) is 20.8 Å². The average Bonchev–Trinajstić information content (AvgIpc) is 3.56. The van der Waals surface area contributed by atoms with Crippen LogP contribution in [-0.2, 0) is 23.9 Å². The van der Waals surface area contributed by atoms with Crippen LogP contribution in [0.4, 0.5) is 13.2 Å². The molecule has 2 aliphatic rings. The Balaban J connectivity index is 1.25. The molecule has 0 aliphatic carbocycles. The lowest BCUT2D eigenvalue weighted by Gasteiger charge is -2.36. The molecule has 0 radical (unpaired) electrons. The van der Waals surface area contributed by atoms with Crippen molar-refractivity contribution < 1.29 is 23.1 Å². The SMILES string of the molecule is CCn1nc(Cc2ccc(C(F)(F)F)cc2)cc1C1CCN(CC2CN(C(C(=O)O)C(C)(C)C)CC2c2cccc(C)c2)CC1. The molecule has 0 spiro atoms. The van der Waals surface area contributed by atoms with Gasteiger partial charge >= 0.3 is 12.1 Å². The summed E-state index contributed by atoms with van der Waals surface area (Å²) in [7, 11) is 0. The standard InChI is InChI=1S/C36H47F3N4O2/c1-6-43-32(20-30(40-43)19-25-10-12-29(13-11-25)36(37,38)39)26-14-16-41(17-15-26)21-28-22-42(33(34(44)45)35(3,4)5)23-31(28)27-9-7-8-24(2)18-27/h7-13,18,20,26,28,31,33H,6,14-17,19,21-23H2,1-5H3,(H,44,45). The molecule has 3 atom stereocenters. The Morgan fingerprint density at radius 1 is 1.02 bits per heavy atom. The van der Waals surface area contributed by atoms with E-state index in [1.165, 1.54) is 16.8 Å². The van der Waals surface area contributed by atoms with Crippen LogP contribution < -0.4 is 0 Å². The number of alkyl halides is 3. The van der Waals surface area contributed by atoms with E-state index < -0.39 is 23.8 Å². The zero-order valence-electron chi connectivity index (χ0n) is 27.1. The molecule has 2 saturated heterocycles. The van der Waals surface area contributed by atoms with Crippen LogP contribution in [0, 0.1) is 18.3 Å². The van der Waals surface area contributed by atoms with Gasteiger partial charge in [0.25, 0.3) is 0 Å². The van der Waals surface area contributed by atoms with Crippen LogP contribution in [-0.4, -0.2) is 69.4 Å². The van der Waals surface area contributed by atoms with Crippen molar-refractivity contribution >= 4 is 5.97 Å². The third-order valence-corrected chi connectivity index (χ3v) is 9.69. The molecule has 244 valence electrons. The van der Waals surface area contributed by atoms with Crippen molar-refractivity contribution in [1.82, 2.24) is 19.6 Å². The van der Waals surface area contributed by atoms with Gasteiger partial charge in [-0.25, -0.2) is 0 Å². The molecule has 45 heavy (non-hydrogen) atoms. The normalized spacial score (nSPS) is 21.3. The average molecular weight is 625 g/mol. The van der Waals surface area contributed by atoms with Crippen LogP contribution in [0.2, 0.25) is 0 Å². The Bertz CT molecular complexity index is 1450. The van der Waals surface area contributed by atoms with Gasteiger partial charge in [-0.15, -0.1) is 0 Å². The number of nitrogens with zero attached hydrogens (tertiary/aromatic N) is 4. The number of halogens is 3.